The molecule has 5 rings (SSSR count). The van der Waals surface area contributed by atoms with Crippen molar-refractivity contribution in [2.45, 2.75) is 18.7 Å². The number of rotatable bonds is 2. The van der Waals surface area contributed by atoms with Gasteiger partial charge in [-0.25, -0.2) is 5.01 Å². The molecule has 0 N–H and O–H groups in total. The van der Waals surface area contributed by atoms with Crippen molar-refractivity contribution in [1.82, 2.24) is 5.01 Å². The van der Waals surface area contributed by atoms with Crippen LogP contribution in [0.25, 0.3) is 0 Å². The molecule has 3 nitrogen and oxygen atoms in total. The van der Waals surface area contributed by atoms with Gasteiger partial charge in [-0.2, -0.15) is 5.10 Å². The van der Waals surface area contributed by atoms with Gasteiger partial charge in [0.25, 0.3) is 0 Å². The number of benzene rings is 3. The van der Waals surface area contributed by atoms with Gasteiger partial charge in [0.1, 0.15) is 5.75 Å². The van der Waals surface area contributed by atoms with E-state index < -0.39 is 0 Å². The molecule has 0 radical (unpaired) electrons. The SMILES string of the molecule is Brc1cccc(C2Oc3ccccc3C3CC(c4ccccc4)=NN32)c1. The highest BCUT2D eigenvalue weighted by Crippen LogP contribution is 2.47. The van der Waals surface area contributed by atoms with E-state index in [2.05, 4.69) is 75.5 Å². The first-order chi connectivity index (χ1) is 12.8. The molecule has 0 amide bonds. The van der Waals surface area contributed by atoms with E-state index in [1.165, 1.54) is 11.1 Å². The average Bonchev–Trinajstić information content (AvgIpc) is 3.14. The van der Waals surface area contributed by atoms with Gasteiger partial charge in [-0.05, 0) is 23.8 Å². The summed E-state index contributed by atoms with van der Waals surface area (Å²) < 4.78 is 7.41. The minimum Gasteiger partial charge on any atom is -0.464 e. The second kappa shape index (κ2) is 6.29. The van der Waals surface area contributed by atoms with Crippen molar-refractivity contribution in [3.8, 4) is 5.75 Å². The number of fused-ring (bicyclic) bond motifs is 3. The quantitative estimate of drug-likeness (QED) is 0.547. The number of nitrogens with zero attached hydrogens (tertiary/aromatic N) is 2. The van der Waals surface area contributed by atoms with E-state index in [9.17, 15) is 0 Å². The Bertz CT molecular complexity index is 986. The maximum atomic E-state index is 6.37. The Morgan fingerprint density at radius 1 is 0.923 bits per heavy atom. The largest absolute Gasteiger partial charge is 0.464 e. The second-order valence-electron chi connectivity index (χ2n) is 6.58. The zero-order chi connectivity index (χ0) is 17.5. The van der Waals surface area contributed by atoms with Crippen molar-refractivity contribution in [3.63, 3.8) is 0 Å². The van der Waals surface area contributed by atoms with E-state index in [4.69, 9.17) is 9.84 Å². The van der Waals surface area contributed by atoms with Crippen LogP contribution >= 0.6 is 15.9 Å². The summed E-state index contributed by atoms with van der Waals surface area (Å²) in [4.78, 5) is 0. The zero-order valence-corrected chi connectivity index (χ0v) is 15.6. The molecule has 2 atom stereocenters. The molecular weight excluding hydrogens is 388 g/mol. The molecule has 4 heteroatoms. The van der Waals surface area contributed by atoms with Gasteiger partial charge in [-0.15, -0.1) is 0 Å². The Morgan fingerprint density at radius 2 is 1.73 bits per heavy atom. The molecule has 2 aliphatic rings. The predicted molar refractivity (Wildman–Crippen MR) is 106 cm³/mol. The van der Waals surface area contributed by atoms with Gasteiger partial charge in [0, 0.05) is 22.0 Å². The summed E-state index contributed by atoms with van der Waals surface area (Å²) in [5, 5.41) is 7.09. The topological polar surface area (TPSA) is 24.8 Å². The normalized spacial score (nSPS) is 20.8. The minimum absolute atomic E-state index is 0.194. The highest BCUT2D eigenvalue weighted by atomic mass is 79.9. The lowest BCUT2D eigenvalue weighted by atomic mass is 9.96. The Morgan fingerprint density at radius 3 is 2.58 bits per heavy atom. The minimum atomic E-state index is -0.228. The molecule has 2 heterocycles. The highest BCUT2D eigenvalue weighted by molar-refractivity contribution is 9.10. The van der Waals surface area contributed by atoms with Crippen LogP contribution in [0.3, 0.4) is 0 Å². The molecule has 3 aromatic rings. The Labute approximate surface area is 161 Å². The van der Waals surface area contributed by atoms with Crippen molar-refractivity contribution < 1.29 is 4.74 Å². The number of hydrazone groups is 1. The maximum absolute atomic E-state index is 6.37. The number of hydrogen-bond donors (Lipinski definition) is 0. The van der Waals surface area contributed by atoms with Gasteiger partial charge >= 0.3 is 0 Å². The molecule has 0 spiro atoms. The fourth-order valence-electron chi connectivity index (χ4n) is 3.72. The predicted octanol–water partition coefficient (Wildman–Crippen LogP) is 5.69. The zero-order valence-electron chi connectivity index (χ0n) is 14.0. The van der Waals surface area contributed by atoms with Crippen LogP contribution in [0.1, 0.15) is 35.4 Å². The second-order valence-corrected chi connectivity index (χ2v) is 7.49. The van der Waals surface area contributed by atoms with E-state index in [0.29, 0.717) is 0 Å². The number of para-hydroxylation sites is 1. The molecule has 0 bridgehead atoms. The summed E-state index contributed by atoms with van der Waals surface area (Å²) in [5.74, 6) is 0.947. The maximum Gasteiger partial charge on any atom is 0.213 e. The van der Waals surface area contributed by atoms with E-state index in [-0.39, 0.29) is 12.3 Å². The van der Waals surface area contributed by atoms with Crippen molar-refractivity contribution in [2.24, 2.45) is 5.10 Å². The average molecular weight is 405 g/mol. The molecule has 0 aromatic heterocycles. The van der Waals surface area contributed by atoms with E-state index >= 15 is 0 Å². The fourth-order valence-corrected chi connectivity index (χ4v) is 4.14. The Kier molecular flexibility index (Phi) is 3.79. The smallest absolute Gasteiger partial charge is 0.213 e. The molecule has 3 aromatic carbocycles. The molecule has 26 heavy (non-hydrogen) atoms. The molecule has 2 unspecified atom stereocenters. The molecule has 0 fully saturated rings. The summed E-state index contributed by atoms with van der Waals surface area (Å²) in [7, 11) is 0. The summed E-state index contributed by atoms with van der Waals surface area (Å²) in [6.45, 7) is 0. The summed E-state index contributed by atoms with van der Waals surface area (Å²) >= 11 is 3.57. The van der Waals surface area contributed by atoms with E-state index in [1.807, 2.05) is 24.3 Å². The third-order valence-electron chi connectivity index (χ3n) is 4.94. The van der Waals surface area contributed by atoms with E-state index in [1.54, 1.807) is 0 Å². The van der Waals surface area contributed by atoms with Gasteiger partial charge in [0.15, 0.2) is 0 Å². The van der Waals surface area contributed by atoms with Crippen molar-refractivity contribution in [3.05, 3.63) is 100 Å². The van der Waals surface area contributed by atoms with Crippen LogP contribution in [0.5, 0.6) is 5.75 Å². The van der Waals surface area contributed by atoms with Gasteiger partial charge in [0.2, 0.25) is 6.23 Å². The monoisotopic (exact) mass is 404 g/mol. The van der Waals surface area contributed by atoms with Gasteiger partial charge in [0.05, 0.1) is 11.8 Å². The van der Waals surface area contributed by atoms with Gasteiger partial charge in [-0.1, -0.05) is 76.6 Å². The van der Waals surface area contributed by atoms with Gasteiger partial charge in [-0.3, -0.25) is 0 Å². The van der Waals surface area contributed by atoms with Gasteiger partial charge < -0.3 is 4.74 Å². The van der Waals surface area contributed by atoms with E-state index in [0.717, 1.165) is 27.9 Å². The van der Waals surface area contributed by atoms with Crippen LogP contribution in [0, 0.1) is 0 Å². The lowest BCUT2D eigenvalue weighted by molar-refractivity contribution is -0.0190. The third-order valence-corrected chi connectivity index (χ3v) is 5.43. The first-order valence-corrected chi connectivity index (χ1v) is 9.51. The number of hydrogen-bond acceptors (Lipinski definition) is 3. The highest BCUT2D eigenvalue weighted by Gasteiger charge is 2.40. The lowest BCUT2D eigenvalue weighted by Crippen LogP contribution is -2.33. The number of halogens is 1. The molecule has 128 valence electrons. The van der Waals surface area contributed by atoms with Crippen LogP contribution in [0.4, 0.5) is 0 Å². The van der Waals surface area contributed by atoms with Crippen LogP contribution in [-0.4, -0.2) is 10.7 Å². The van der Waals surface area contributed by atoms with Crippen LogP contribution in [-0.2, 0) is 0 Å². The fraction of sp³-hybridized carbons (Fsp3) is 0.136. The first kappa shape index (κ1) is 15.6. The Hall–Kier alpha value is -2.59. The Balaban J connectivity index is 1.61. The first-order valence-electron chi connectivity index (χ1n) is 8.72. The summed E-state index contributed by atoms with van der Waals surface area (Å²) in [6, 6.07) is 27.2. The number of ether oxygens (including phenoxy) is 1. The molecule has 0 aliphatic carbocycles. The molecule has 2 aliphatic heterocycles. The summed E-state index contributed by atoms with van der Waals surface area (Å²) in [6.07, 6.45) is 0.656. The van der Waals surface area contributed by atoms with Crippen molar-refractivity contribution in [2.75, 3.05) is 0 Å². The molecule has 0 saturated heterocycles. The lowest BCUT2D eigenvalue weighted by Gasteiger charge is -2.38. The summed E-state index contributed by atoms with van der Waals surface area (Å²) in [5.41, 5.74) is 4.58. The molecule has 0 saturated carbocycles. The van der Waals surface area contributed by atoms with Crippen LogP contribution in [0.15, 0.2) is 88.4 Å². The van der Waals surface area contributed by atoms with Crippen LogP contribution < -0.4 is 4.74 Å². The van der Waals surface area contributed by atoms with Crippen LogP contribution in [0.2, 0.25) is 0 Å². The van der Waals surface area contributed by atoms with Crippen molar-refractivity contribution in [1.29, 1.82) is 0 Å². The third kappa shape index (κ3) is 2.61. The van der Waals surface area contributed by atoms with Crippen molar-refractivity contribution >= 4 is 21.6 Å². The standard InChI is InChI=1S/C22H17BrN2O/c23-17-10-6-9-16(13-17)22-25-20(18-11-4-5-12-21(18)26-22)14-19(24-25)15-7-2-1-3-8-15/h1-13,20,22H,14H2. The molecular formula is C22H17BrN2O.